The summed E-state index contributed by atoms with van der Waals surface area (Å²) in [5, 5.41) is 12.0. The number of pyridine rings is 1. The number of aromatic nitrogens is 1. The number of carbonyl (C=O) groups is 1. The fourth-order valence-electron chi connectivity index (χ4n) is 1.29. The van der Waals surface area contributed by atoms with Gasteiger partial charge in [-0.3, -0.25) is 0 Å². The minimum absolute atomic E-state index is 0.0489. The van der Waals surface area contributed by atoms with E-state index in [1.165, 1.54) is 12.3 Å². The number of carboxylic acids is 1. The Kier molecular flexibility index (Phi) is 5.31. The van der Waals surface area contributed by atoms with Crippen LogP contribution in [0.4, 0.5) is 5.82 Å². The standard InChI is InChI=1S/C12H13ClN2O2/c1-2-3-4-5-7-14-11-10(13)9(12(16)17)6-8-15-11/h1,6,8H,3-5,7H2,(H,14,15)(H,16,17). The summed E-state index contributed by atoms with van der Waals surface area (Å²) >= 11 is 5.91. The molecule has 1 heterocycles. The largest absolute Gasteiger partial charge is 0.478 e. The van der Waals surface area contributed by atoms with E-state index < -0.39 is 5.97 Å². The van der Waals surface area contributed by atoms with Gasteiger partial charge in [-0.25, -0.2) is 9.78 Å². The smallest absolute Gasteiger partial charge is 0.337 e. The molecule has 1 aromatic rings. The third-order valence-electron chi connectivity index (χ3n) is 2.16. The van der Waals surface area contributed by atoms with E-state index in [2.05, 4.69) is 16.2 Å². The summed E-state index contributed by atoms with van der Waals surface area (Å²) in [7, 11) is 0. The molecule has 0 saturated heterocycles. The van der Waals surface area contributed by atoms with E-state index in [0.29, 0.717) is 12.4 Å². The summed E-state index contributed by atoms with van der Waals surface area (Å²) in [5.41, 5.74) is 0.0489. The summed E-state index contributed by atoms with van der Waals surface area (Å²) in [4.78, 5) is 14.8. The topological polar surface area (TPSA) is 62.2 Å². The average Bonchev–Trinajstić information content (AvgIpc) is 2.30. The lowest BCUT2D eigenvalue weighted by Crippen LogP contribution is -2.06. The second kappa shape index (κ2) is 6.77. The first kappa shape index (κ1) is 13.3. The highest BCUT2D eigenvalue weighted by Crippen LogP contribution is 2.23. The van der Waals surface area contributed by atoms with Crippen LogP contribution in [-0.4, -0.2) is 22.6 Å². The van der Waals surface area contributed by atoms with Crippen molar-refractivity contribution in [2.24, 2.45) is 0 Å². The quantitative estimate of drug-likeness (QED) is 0.604. The number of hydrogen-bond acceptors (Lipinski definition) is 3. The lowest BCUT2D eigenvalue weighted by Gasteiger charge is -2.08. The highest BCUT2D eigenvalue weighted by molar-refractivity contribution is 6.35. The molecule has 0 aliphatic heterocycles. The normalized spacial score (nSPS) is 9.65. The second-order valence-corrected chi connectivity index (χ2v) is 3.79. The molecule has 0 saturated carbocycles. The number of nitrogens with zero attached hydrogens (tertiary/aromatic N) is 1. The lowest BCUT2D eigenvalue weighted by atomic mass is 10.2. The number of anilines is 1. The van der Waals surface area contributed by atoms with Gasteiger partial charge in [0.05, 0.1) is 10.6 Å². The predicted molar refractivity (Wildman–Crippen MR) is 67.4 cm³/mol. The van der Waals surface area contributed by atoms with Gasteiger partial charge >= 0.3 is 5.97 Å². The summed E-state index contributed by atoms with van der Waals surface area (Å²) in [6.07, 6.45) is 9.08. The zero-order chi connectivity index (χ0) is 12.7. The van der Waals surface area contributed by atoms with Gasteiger partial charge < -0.3 is 10.4 Å². The van der Waals surface area contributed by atoms with Crippen molar-refractivity contribution in [3.05, 3.63) is 22.8 Å². The van der Waals surface area contributed by atoms with Crippen molar-refractivity contribution in [2.45, 2.75) is 19.3 Å². The first-order valence-electron chi connectivity index (χ1n) is 5.22. The van der Waals surface area contributed by atoms with E-state index in [9.17, 15) is 4.79 Å². The molecule has 2 N–H and O–H groups in total. The Bertz CT molecular complexity index is 441. The van der Waals surface area contributed by atoms with Gasteiger partial charge in [-0.05, 0) is 18.9 Å². The van der Waals surface area contributed by atoms with E-state index in [0.717, 1.165) is 19.3 Å². The maximum atomic E-state index is 10.8. The van der Waals surface area contributed by atoms with E-state index in [1.807, 2.05) is 0 Å². The monoisotopic (exact) mass is 252 g/mol. The Morgan fingerprint density at radius 1 is 1.59 bits per heavy atom. The van der Waals surface area contributed by atoms with Crippen molar-refractivity contribution in [3.8, 4) is 12.3 Å². The van der Waals surface area contributed by atoms with Gasteiger partial charge in [0.15, 0.2) is 0 Å². The SMILES string of the molecule is C#CCCCCNc1nccc(C(=O)O)c1Cl. The van der Waals surface area contributed by atoms with Crippen molar-refractivity contribution in [1.82, 2.24) is 4.98 Å². The van der Waals surface area contributed by atoms with Gasteiger partial charge in [0.25, 0.3) is 0 Å². The zero-order valence-corrected chi connectivity index (χ0v) is 10.00. The molecule has 0 aliphatic carbocycles. The van der Waals surface area contributed by atoms with Crippen LogP contribution in [0.2, 0.25) is 5.02 Å². The van der Waals surface area contributed by atoms with E-state index in [-0.39, 0.29) is 10.6 Å². The molecule has 90 valence electrons. The van der Waals surface area contributed by atoms with E-state index >= 15 is 0 Å². The number of halogens is 1. The molecule has 1 rings (SSSR count). The Balaban J connectivity index is 2.57. The minimum Gasteiger partial charge on any atom is -0.478 e. The number of nitrogens with one attached hydrogen (secondary N) is 1. The molecular formula is C12H13ClN2O2. The van der Waals surface area contributed by atoms with Gasteiger partial charge in [0.2, 0.25) is 0 Å². The molecule has 0 bridgehead atoms. The van der Waals surface area contributed by atoms with Crippen LogP contribution in [-0.2, 0) is 0 Å². The Morgan fingerprint density at radius 3 is 3.00 bits per heavy atom. The fourth-order valence-corrected chi connectivity index (χ4v) is 1.55. The molecule has 4 nitrogen and oxygen atoms in total. The molecule has 1 aromatic heterocycles. The van der Waals surface area contributed by atoms with Crippen LogP contribution in [0.5, 0.6) is 0 Å². The number of carboxylic acid groups (broad SMARTS) is 1. The number of unbranched alkanes of at least 4 members (excludes halogenated alkanes) is 2. The maximum Gasteiger partial charge on any atom is 0.337 e. The first-order valence-corrected chi connectivity index (χ1v) is 5.59. The first-order chi connectivity index (χ1) is 8.16. The molecule has 0 unspecified atom stereocenters. The average molecular weight is 253 g/mol. The van der Waals surface area contributed by atoms with Crippen LogP contribution < -0.4 is 5.32 Å². The summed E-state index contributed by atoms with van der Waals surface area (Å²) in [6.45, 7) is 0.664. The molecule has 0 atom stereocenters. The summed E-state index contributed by atoms with van der Waals surface area (Å²) in [5.74, 6) is 1.89. The van der Waals surface area contributed by atoms with Crippen LogP contribution >= 0.6 is 11.6 Å². The van der Waals surface area contributed by atoms with Crippen LogP contribution in [0, 0.1) is 12.3 Å². The molecule has 0 aliphatic rings. The van der Waals surface area contributed by atoms with Gasteiger partial charge in [0.1, 0.15) is 5.82 Å². The molecular weight excluding hydrogens is 240 g/mol. The van der Waals surface area contributed by atoms with Gasteiger partial charge in [-0.2, -0.15) is 0 Å². The van der Waals surface area contributed by atoms with Crippen molar-refractivity contribution in [3.63, 3.8) is 0 Å². The minimum atomic E-state index is -1.06. The van der Waals surface area contributed by atoms with E-state index in [4.69, 9.17) is 23.1 Å². The predicted octanol–water partition coefficient (Wildman–Crippen LogP) is 2.65. The van der Waals surface area contributed by atoms with Crippen molar-refractivity contribution < 1.29 is 9.90 Å². The third-order valence-corrected chi connectivity index (χ3v) is 2.54. The fraction of sp³-hybridized carbons (Fsp3) is 0.333. The van der Waals surface area contributed by atoms with Crippen LogP contribution in [0.15, 0.2) is 12.3 Å². The van der Waals surface area contributed by atoms with Crippen LogP contribution in [0.3, 0.4) is 0 Å². The third kappa shape index (κ3) is 3.97. The highest BCUT2D eigenvalue weighted by atomic mass is 35.5. The van der Waals surface area contributed by atoms with Crippen molar-refractivity contribution in [2.75, 3.05) is 11.9 Å². The van der Waals surface area contributed by atoms with E-state index in [1.54, 1.807) is 0 Å². The maximum absolute atomic E-state index is 10.8. The molecule has 0 fully saturated rings. The summed E-state index contributed by atoms with van der Waals surface area (Å²) < 4.78 is 0. The lowest BCUT2D eigenvalue weighted by molar-refractivity contribution is 0.0697. The van der Waals surface area contributed by atoms with Gasteiger partial charge in [-0.15, -0.1) is 12.3 Å². The van der Waals surface area contributed by atoms with Gasteiger partial charge in [0, 0.05) is 19.2 Å². The molecule has 0 spiro atoms. The number of rotatable bonds is 6. The molecule has 0 radical (unpaired) electrons. The second-order valence-electron chi connectivity index (χ2n) is 3.41. The Morgan fingerprint density at radius 2 is 2.35 bits per heavy atom. The molecule has 0 amide bonds. The summed E-state index contributed by atoms with van der Waals surface area (Å²) in [6, 6.07) is 1.37. The number of aromatic carboxylic acids is 1. The van der Waals surface area contributed by atoms with Crippen LogP contribution in [0.1, 0.15) is 29.6 Å². The van der Waals surface area contributed by atoms with Crippen molar-refractivity contribution >= 4 is 23.4 Å². The van der Waals surface area contributed by atoms with Crippen LogP contribution in [0.25, 0.3) is 0 Å². The number of terminal acetylenes is 1. The Labute approximate surface area is 105 Å². The molecule has 17 heavy (non-hydrogen) atoms. The number of hydrogen-bond donors (Lipinski definition) is 2. The van der Waals surface area contributed by atoms with Crippen molar-refractivity contribution in [1.29, 1.82) is 0 Å². The molecule has 5 heteroatoms. The van der Waals surface area contributed by atoms with Gasteiger partial charge in [-0.1, -0.05) is 11.6 Å². The zero-order valence-electron chi connectivity index (χ0n) is 9.24. The highest BCUT2D eigenvalue weighted by Gasteiger charge is 2.12. The Hall–Kier alpha value is -1.73. The molecule has 0 aromatic carbocycles.